The zero-order valence-corrected chi connectivity index (χ0v) is 15.7. The third-order valence-electron chi connectivity index (χ3n) is 7.05. The van der Waals surface area contributed by atoms with E-state index >= 15 is 0 Å². The van der Waals surface area contributed by atoms with Crippen molar-refractivity contribution in [2.24, 2.45) is 5.92 Å². The van der Waals surface area contributed by atoms with Crippen molar-refractivity contribution in [2.45, 2.75) is 56.4 Å². The van der Waals surface area contributed by atoms with Crippen molar-refractivity contribution in [1.82, 2.24) is 10.3 Å². The van der Waals surface area contributed by atoms with Crippen molar-refractivity contribution in [3.05, 3.63) is 59.4 Å². The Hall–Kier alpha value is -2.20. The van der Waals surface area contributed by atoms with Gasteiger partial charge in [0.15, 0.2) is 0 Å². The molecule has 1 aromatic heterocycles. The number of rotatable bonds is 3. The smallest absolute Gasteiger partial charge is 0.228 e. The first-order valence-electron chi connectivity index (χ1n) is 10.3. The molecule has 4 nitrogen and oxygen atoms in total. The Bertz CT molecular complexity index is 846. The number of pyridine rings is 1. The van der Waals surface area contributed by atoms with Crippen LogP contribution in [-0.4, -0.2) is 23.5 Å². The fourth-order valence-electron chi connectivity index (χ4n) is 5.89. The SMILES string of the molecule is O=C(Cc1ccncc1)Nc1ccc2c(c1)[C@@]13CCCC[C@H]1[C@@H](C2)NCC3. The van der Waals surface area contributed by atoms with Gasteiger partial charge in [0.25, 0.3) is 0 Å². The first-order valence-corrected chi connectivity index (χ1v) is 10.3. The first kappa shape index (κ1) is 16.9. The largest absolute Gasteiger partial charge is 0.326 e. The summed E-state index contributed by atoms with van der Waals surface area (Å²) in [7, 11) is 0. The maximum atomic E-state index is 12.5. The van der Waals surface area contributed by atoms with Gasteiger partial charge in [0.1, 0.15) is 0 Å². The summed E-state index contributed by atoms with van der Waals surface area (Å²) in [6, 6.07) is 11.1. The van der Waals surface area contributed by atoms with Crippen molar-refractivity contribution in [3.8, 4) is 0 Å². The normalized spacial score (nSPS) is 28.7. The molecule has 0 radical (unpaired) electrons. The number of carbonyl (C=O) groups excluding carboxylic acids is 1. The molecule has 3 aliphatic rings. The lowest BCUT2D eigenvalue weighted by Gasteiger charge is -2.56. The van der Waals surface area contributed by atoms with Crippen LogP contribution in [0.15, 0.2) is 42.7 Å². The van der Waals surface area contributed by atoms with Crippen LogP contribution >= 0.6 is 0 Å². The summed E-state index contributed by atoms with van der Waals surface area (Å²) in [5, 5.41) is 6.92. The van der Waals surface area contributed by atoms with E-state index in [2.05, 4.69) is 33.8 Å². The number of nitrogens with one attached hydrogen (secondary N) is 2. The van der Waals surface area contributed by atoms with Gasteiger partial charge in [-0.1, -0.05) is 18.9 Å². The average molecular weight is 361 g/mol. The van der Waals surface area contributed by atoms with Crippen LogP contribution in [0.3, 0.4) is 0 Å². The molecule has 2 aliphatic carbocycles. The highest BCUT2D eigenvalue weighted by atomic mass is 16.1. The minimum atomic E-state index is 0.0397. The number of piperidine rings is 1. The van der Waals surface area contributed by atoms with E-state index in [-0.39, 0.29) is 5.91 Å². The molecular weight excluding hydrogens is 334 g/mol. The van der Waals surface area contributed by atoms with Gasteiger partial charge in [-0.25, -0.2) is 0 Å². The van der Waals surface area contributed by atoms with Gasteiger partial charge in [0.05, 0.1) is 6.42 Å². The number of benzene rings is 1. The van der Waals surface area contributed by atoms with E-state index in [9.17, 15) is 4.79 Å². The monoisotopic (exact) mass is 361 g/mol. The van der Waals surface area contributed by atoms with Gasteiger partial charge >= 0.3 is 0 Å². The van der Waals surface area contributed by atoms with Gasteiger partial charge in [0, 0.05) is 29.5 Å². The van der Waals surface area contributed by atoms with Crippen molar-refractivity contribution in [2.75, 3.05) is 11.9 Å². The maximum Gasteiger partial charge on any atom is 0.228 e. The van der Waals surface area contributed by atoms with Crippen LogP contribution < -0.4 is 10.6 Å². The van der Waals surface area contributed by atoms with Gasteiger partial charge in [-0.15, -0.1) is 0 Å². The summed E-state index contributed by atoms with van der Waals surface area (Å²) in [6.07, 6.45) is 11.6. The van der Waals surface area contributed by atoms with E-state index in [0.29, 0.717) is 17.9 Å². The van der Waals surface area contributed by atoms with Gasteiger partial charge < -0.3 is 10.6 Å². The average Bonchev–Trinajstić information content (AvgIpc) is 2.69. The highest BCUT2D eigenvalue weighted by Gasteiger charge is 2.51. The van der Waals surface area contributed by atoms with E-state index in [1.807, 2.05) is 12.1 Å². The molecule has 2 aromatic rings. The summed E-state index contributed by atoms with van der Waals surface area (Å²) in [4.78, 5) is 16.5. The second kappa shape index (κ2) is 6.75. The Labute approximate surface area is 160 Å². The van der Waals surface area contributed by atoms with E-state index in [4.69, 9.17) is 0 Å². The van der Waals surface area contributed by atoms with E-state index in [0.717, 1.165) is 30.1 Å². The Morgan fingerprint density at radius 3 is 2.96 bits per heavy atom. The van der Waals surface area contributed by atoms with Crippen molar-refractivity contribution < 1.29 is 4.79 Å². The predicted octanol–water partition coefficient (Wildman–Crippen LogP) is 3.61. The molecule has 0 unspecified atom stereocenters. The molecule has 1 saturated carbocycles. The number of carbonyl (C=O) groups is 1. The molecule has 5 rings (SSSR count). The fraction of sp³-hybridized carbons (Fsp3) is 0.478. The lowest BCUT2D eigenvalue weighted by atomic mass is 9.53. The summed E-state index contributed by atoms with van der Waals surface area (Å²) in [5.41, 5.74) is 5.27. The number of nitrogens with zero attached hydrogens (tertiary/aromatic N) is 1. The molecule has 1 amide bonds. The minimum absolute atomic E-state index is 0.0397. The second-order valence-corrected chi connectivity index (χ2v) is 8.48. The van der Waals surface area contributed by atoms with Gasteiger partial charge in [-0.2, -0.15) is 0 Å². The lowest BCUT2D eigenvalue weighted by molar-refractivity contribution is -0.115. The topological polar surface area (TPSA) is 54.0 Å². The summed E-state index contributed by atoms with van der Waals surface area (Å²) < 4.78 is 0. The van der Waals surface area contributed by atoms with Crippen LogP contribution in [0.1, 0.15) is 48.8 Å². The Morgan fingerprint density at radius 1 is 1.19 bits per heavy atom. The number of fused-ring (bicyclic) bond motifs is 1. The molecule has 2 fully saturated rings. The number of aromatic nitrogens is 1. The molecule has 2 bridgehead atoms. The number of hydrogen-bond acceptors (Lipinski definition) is 3. The van der Waals surface area contributed by atoms with Crippen LogP contribution in [0.25, 0.3) is 0 Å². The predicted molar refractivity (Wildman–Crippen MR) is 107 cm³/mol. The Kier molecular flexibility index (Phi) is 4.24. The molecule has 140 valence electrons. The number of anilines is 1. The van der Waals surface area contributed by atoms with Crippen molar-refractivity contribution >= 4 is 11.6 Å². The molecule has 27 heavy (non-hydrogen) atoms. The lowest BCUT2D eigenvalue weighted by Crippen LogP contribution is -2.59. The van der Waals surface area contributed by atoms with Gasteiger partial charge in [-0.3, -0.25) is 9.78 Å². The van der Waals surface area contributed by atoms with Crippen LogP contribution in [0.2, 0.25) is 0 Å². The molecule has 3 atom stereocenters. The minimum Gasteiger partial charge on any atom is -0.326 e. The molecule has 1 aromatic carbocycles. The third kappa shape index (κ3) is 2.96. The van der Waals surface area contributed by atoms with E-state index in [1.165, 1.54) is 43.2 Å². The molecular formula is C23H27N3O. The molecule has 2 heterocycles. The first-order chi connectivity index (χ1) is 13.2. The fourth-order valence-corrected chi connectivity index (χ4v) is 5.89. The second-order valence-electron chi connectivity index (χ2n) is 8.48. The molecule has 0 spiro atoms. The van der Waals surface area contributed by atoms with E-state index < -0.39 is 0 Å². The molecule has 2 N–H and O–H groups in total. The number of amides is 1. The standard InChI is InChI=1S/C23H27N3O/c27-22(13-16-6-10-24-11-7-16)26-18-5-4-17-14-21-19-3-1-2-8-23(19,9-12-25-21)20(17)15-18/h4-7,10-11,15,19,21,25H,1-3,8-9,12-14H2,(H,26,27)/t19-,21+,23+/m0/s1. The quantitative estimate of drug-likeness (QED) is 0.878. The molecule has 4 heteroatoms. The Morgan fingerprint density at radius 2 is 2.07 bits per heavy atom. The Balaban J connectivity index is 1.42. The molecule has 1 aliphatic heterocycles. The van der Waals surface area contributed by atoms with Gasteiger partial charge in [0.2, 0.25) is 5.91 Å². The van der Waals surface area contributed by atoms with E-state index in [1.54, 1.807) is 12.4 Å². The highest BCUT2D eigenvalue weighted by Crippen LogP contribution is 2.54. The zero-order valence-electron chi connectivity index (χ0n) is 15.7. The maximum absolute atomic E-state index is 12.5. The van der Waals surface area contributed by atoms with Crippen molar-refractivity contribution in [3.63, 3.8) is 0 Å². The van der Waals surface area contributed by atoms with Crippen LogP contribution in [0.4, 0.5) is 5.69 Å². The van der Waals surface area contributed by atoms with Crippen molar-refractivity contribution in [1.29, 1.82) is 0 Å². The highest BCUT2D eigenvalue weighted by molar-refractivity contribution is 5.92. The molecule has 1 saturated heterocycles. The van der Waals surface area contributed by atoms with Crippen LogP contribution in [0, 0.1) is 5.92 Å². The summed E-state index contributed by atoms with van der Waals surface area (Å²) >= 11 is 0. The van der Waals surface area contributed by atoms with Gasteiger partial charge in [-0.05, 0) is 79.1 Å². The summed E-state index contributed by atoms with van der Waals surface area (Å²) in [5.74, 6) is 0.799. The number of hydrogen-bond donors (Lipinski definition) is 2. The van der Waals surface area contributed by atoms with Crippen LogP contribution in [-0.2, 0) is 23.1 Å². The zero-order chi connectivity index (χ0) is 18.3. The summed E-state index contributed by atoms with van der Waals surface area (Å²) in [6.45, 7) is 1.12. The van der Waals surface area contributed by atoms with Crippen LogP contribution in [0.5, 0.6) is 0 Å². The third-order valence-corrected chi connectivity index (χ3v) is 7.05.